The van der Waals surface area contributed by atoms with E-state index in [4.69, 9.17) is 0 Å². The van der Waals surface area contributed by atoms with E-state index in [9.17, 15) is 9.59 Å². The number of carbonyl (C=O) groups is 2. The maximum Gasteiger partial charge on any atom is 0.326 e. The van der Waals surface area contributed by atoms with Crippen LogP contribution in [0, 0.1) is 5.41 Å². The van der Waals surface area contributed by atoms with E-state index in [1.807, 2.05) is 0 Å². The molecule has 0 unspecified atom stereocenters. The number of amides is 3. The Bertz CT molecular complexity index is 313. The van der Waals surface area contributed by atoms with E-state index in [2.05, 4.69) is 12.6 Å². The number of nitrogens with zero attached hydrogens (tertiary/aromatic N) is 2. The molecule has 1 aliphatic carbocycles. The second-order valence-electron chi connectivity index (χ2n) is 4.98. The lowest BCUT2D eigenvalue weighted by Gasteiger charge is -2.30. The summed E-state index contributed by atoms with van der Waals surface area (Å²) in [5, 5.41) is 0. The molecule has 0 aromatic heterocycles. The molecular weight excluding hydrogens is 224 g/mol. The van der Waals surface area contributed by atoms with E-state index in [-0.39, 0.29) is 23.9 Å². The number of hydrogen-bond acceptors (Lipinski definition) is 3. The first-order chi connectivity index (χ1) is 7.58. The van der Waals surface area contributed by atoms with Crippen LogP contribution in [0.15, 0.2) is 0 Å². The van der Waals surface area contributed by atoms with Gasteiger partial charge in [0.1, 0.15) is 6.54 Å². The zero-order chi connectivity index (χ0) is 11.8. The highest BCUT2D eigenvalue weighted by Gasteiger charge is 2.41. The number of likely N-dealkylation sites (N-methyl/N-ethyl adjacent to an activating group) is 1. The fourth-order valence-electron chi connectivity index (χ4n) is 2.65. The summed E-state index contributed by atoms with van der Waals surface area (Å²) in [6.07, 6.45) is 4.54. The van der Waals surface area contributed by atoms with Crippen molar-refractivity contribution < 1.29 is 9.59 Å². The van der Waals surface area contributed by atoms with Gasteiger partial charge in [0.05, 0.1) is 0 Å². The lowest BCUT2D eigenvalue weighted by molar-refractivity contribution is -0.126. The number of urea groups is 1. The molecule has 1 aliphatic heterocycles. The molecule has 2 fully saturated rings. The Hall–Kier alpha value is -0.710. The standard InChI is InChI=1S/C11H18N2O2S/c1-12-6-9(14)13(10(12)15)7-11(8-16)4-2-3-5-11/h16H,2-8H2,1H3. The smallest absolute Gasteiger partial charge is 0.318 e. The van der Waals surface area contributed by atoms with Crippen molar-refractivity contribution >= 4 is 24.6 Å². The van der Waals surface area contributed by atoms with Crippen LogP contribution >= 0.6 is 12.6 Å². The molecule has 1 saturated heterocycles. The summed E-state index contributed by atoms with van der Waals surface area (Å²) in [4.78, 5) is 26.3. The predicted molar refractivity (Wildman–Crippen MR) is 64.5 cm³/mol. The Morgan fingerprint density at radius 2 is 1.94 bits per heavy atom. The monoisotopic (exact) mass is 242 g/mol. The van der Waals surface area contributed by atoms with Gasteiger partial charge in [-0.05, 0) is 24.0 Å². The minimum absolute atomic E-state index is 0.0689. The van der Waals surface area contributed by atoms with Crippen LogP contribution in [0.5, 0.6) is 0 Å². The lowest BCUT2D eigenvalue weighted by Crippen LogP contribution is -2.41. The third kappa shape index (κ3) is 1.93. The van der Waals surface area contributed by atoms with Gasteiger partial charge in [-0.2, -0.15) is 12.6 Å². The molecule has 0 aromatic carbocycles. The van der Waals surface area contributed by atoms with Crippen LogP contribution in [0.1, 0.15) is 25.7 Å². The van der Waals surface area contributed by atoms with Gasteiger partial charge in [-0.1, -0.05) is 12.8 Å². The summed E-state index contributed by atoms with van der Waals surface area (Å²) < 4.78 is 0. The number of imide groups is 1. The third-order valence-corrected chi connectivity index (χ3v) is 4.39. The van der Waals surface area contributed by atoms with Crippen LogP contribution in [-0.2, 0) is 4.79 Å². The maximum absolute atomic E-state index is 11.8. The molecule has 2 aliphatic rings. The normalized spacial score (nSPS) is 24.6. The summed E-state index contributed by atoms with van der Waals surface area (Å²) in [5.74, 6) is 0.689. The SMILES string of the molecule is CN1CC(=O)N(CC2(CS)CCCC2)C1=O. The fraction of sp³-hybridized carbons (Fsp3) is 0.818. The van der Waals surface area contributed by atoms with Crippen LogP contribution in [-0.4, -0.2) is 47.6 Å². The van der Waals surface area contributed by atoms with E-state index >= 15 is 0 Å². The van der Waals surface area contributed by atoms with Crippen molar-refractivity contribution in [3.05, 3.63) is 0 Å². The largest absolute Gasteiger partial charge is 0.326 e. The summed E-state index contributed by atoms with van der Waals surface area (Å²) in [6.45, 7) is 0.778. The minimum atomic E-state index is -0.155. The lowest BCUT2D eigenvalue weighted by atomic mass is 9.88. The molecule has 0 N–H and O–H groups in total. The third-order valence-electron chi connectivity index (χ3n) is 3.72. The average Bonchev–Trinajstić information content (AvgIpc) is 2.81. The van der Waals surface area contributed by atoms with Crippen molar-refractivity contribution in [3.8, 4) is 0 Å². The molecule has 3 amide bonds. The molecule has 5 heteroatoms. The van der Waals surface area contributed by atoms with Crippen LogP contribution < -0.4 is 0 Å². The molecule has 4 nitrogen and oxygen atoms in total. The number of rotatable bonds is 3. The maximum atomic E-state index is 11.8. The summed E-state index contributed by atoms with van der Waals surface area (Å²) >= 11 is 4.39. The zero-order valence-electron chi connectivity index (χ0n) is 9.61. The van der Waals surface area contributed by atoms with Crippen LogP contribution in [0.4, 0.5) is 4.79 Å². The average molecular weight is 242 g/mol. The molecule has 1 saturated carbocycles. The van der Waals surface area contributed by atoms with Crippen LogP contribution in [0.25, 0.3) is 0 Å². The summed E-state index contributed by atoms with van der Waals surface area (Å²) in [5.41, 5.74) is 0.0691. The van der Waals surface area contributed by atoms with Gasteiger partial charge in [0.25, 0.3) is 0 Å². The van der Waals surface area contributed by atoms with Gasteiger partial charge < -0.3 is 4.90 Å². The van der Waals surface area contributed by atoms with Crippen molar-refractivity contribution in [1.29, 1.82) is 0 Å². The Balaban J connectivity index is 2.08. The highest BCUT2D eigenvalue weighted by atomic mass is 32.1. The second kappa shape index (κ2) is 4.28. The molecule has 2 rings (SSSR count). The molecular formula is C11H18N2O2S. The molecule has 16 heavy (non-hydrogen) atoms. The first-order valence-corrected chi connectivity index (χ1v) is 6.38. The van der Waals surface area contributed by atoms with Gasteiger partial charge in [0.15, 0.2) is 0 Å². The quantitative estimate of drug-likeness (QED) is 0.600. The van der Waals surface area contributed by atoms with Gasteiger partial charge in [-0.15, -0.1) is 0 Å². The Morgan fingerprint density at radius 3 is 2.38 bits per heavy atom. The Labute approximate surface area is 101 Å². The van der Waals surface area contributed by atoms with Gasteiger partial charge in [0.2, 0.25) is 5.91 Å². The van der Waals surface area contributed by atoms with Gasteiger partial charge in [0, 0.05) is 13.6 Å². The van der Waals surface area contributed by atoms with E-state index in [1.165, 1.54) is 22.6 Å². The van der Waals surface area contributed by atoms with Crippen LogP contribution in [0.3, 0.4) is 0 Å². The van der Waals surface area contributed by atoms with Crippen molar-refractivity contribution in [3.63, 3.8) is 0 Å². The van der Waals surface area contributed by atoms with Gasteiger partial charge in [-0.3, -0.25) is 9.69 Å². The summed E-state index contributed by atoms with van der Waals surface area (Å²) in [6, 6.07) is -0.155. The molecule has 0 aromatic rings. The molecule has 0 atom stereocenters. The van der Waals surface area contributed by atoms with Crippen molar-refractivity contribution in [2.45, 2.75) is 25.7 Å². The minimum Gasteiger partial charge on any atom is -0.318 e. The zero-order valence-corrected chi connectivity index (χ0v) is 10.5. The number of hydrogen-bond donors (Lipinski definition) is 1. The molecule has 0 spiro atoms. The van der Waals surface area contributed by atoms with E-state index in [0.717, 1.165) is 18.6 Å². The number of thiol groups is 1. The van der Waals surface area contributed by atoms with Gasteiger partial charge >= 0.3 is 6.03 Å². The van der Waals surface area contributed by atoms with Crippen molar-refractivity contribution in [1.82, 2.24) is 9.80 Å². The fourth-order valence-corrected chi connectivity index (χ4v) is 3.07. The first kappa shape index (κ1) is 11.8. The summed E-state index contributed by atoms with van der Waals surface area (Å²) in [7, 11) is 1.67. The Morgan fingerprint density at radius 1 is 1.31 bits per heavy atom. The molecule has 0 bridgehead atoms. The van der Waals surface area contributed by atoms with Crippen molar-refractivity contribution in [2.24, 2.45) is 5.41 Å². The topological polar surface area (TPSA) is 40.6 Å². The van der Waals surface area contributed by atoms with E-state index in [0.29, 0.717) is 6.54 Å². The molecule has 90 valence electrons. The van der Waals surface area contributed by atoms with E-state index in [1.54, 1.807) is 7.05 Å². The Kier molecular flexibility index (Phi) is 3.15. The first-order valence-electron chi connectivity index (χ1n) is 5.74. The second-order valence-corrected chi connectivity index (χ2v) is 5.30. The van der Waals surface area contributed by atoms with Crippen molar-refractivity contribution in [2.75, 3.05) is 25.9 Å². The van der Waals surface area contributed by atoms with Gasteiger partial charge in [-0.25, -0.2) is 4.79 Å². The molecule has 1 heterocycles. The highest BCUT2D eigenvalue weighted by molar-refractivity contribution is 7.80. The van der Waals surface area contributed by atoms with E-state index < -0.39 is 0 Å². The highest BCUT2D eigenvalue weighted by Crippen LogP contribution is 2.40. The predicted octanol–water partition coefficient (Wildman–Crippen LogP) is 1.37. The van der Waals surface area contributed by atoms with Crippen LogP contribution in [0.2, 0.25) is 0 Å². The molecule has 0 radical (unpaired) electrons. The number of carbonyl (C=O) groups excluding carboxylic acids is 2.